The van der Waals surface area contributed by atoms with E-state index in [0.29, 0.717) is 48.1 Å². The Balaban J connectivity index is 1.20. The number of aromatic nitrogens is 1. The number of aromatic amines is 1. The van der Waals surface area contributed by atoms with Crippen LogP contribution in [0.1, 0.15) is 41.6 Å². The van der Waals surface area contributed by atoms with Crippen LogP contribution in [0.3, 0.4) is 0 Å². The largest absolute Gasteiger partial charge is 0.471 e. The van der Waals surface area contributed by atoms with Gasteiger partial charge in [0.15, 0.2) is 0 Å². The molecule has 4 amide bonds. The van der Waals surface area contributed by atoms with Crippen LogP contribution in [0.25, 0.3) is 16.5 Å². The molecule has 0 saturated carbocycles. The summed E-state index contributed by atoms with van der Waals surface area (Å²) in [7, 11) is 0. The van der Waals surface area contributed by atoms with Crippen LogP contribution in [0.15, 0.2) is 60.3 Å². The lowest BCUT2D eigenvalue weighted by Gasteiger charge is -2.32. The van der Waals surface area contributed by atoms with Crippen molar-refractivity contribution in [3.8, 4) is 6.07 Å². The summed E-state index contributed by atoms with van der Waals surface area (Å²) in [6, 6.07) is 15.4. The van der Waals surface area contributed by atoms with E-state index in [2.05, 4.69) is 21.7 Å². The van der Waals surface area contributed by atoms with Crippen molar-refractivity contribution in [1.82, 2.24) is 20.1 Å². The maximum atomic E-state index is 13.3. The zero-order chi connectivity index (χ0) is 31.4. The molecule has 0 unspecified atom stereocenters. The highest BCUT2D eigenvalue weighted by atomic mass is 19.4. The fourth-order valence-electron chi connectivity index (χ4n) is 5.64. The minimum atomic E-state index is -4.93. The van der Waals surface area contributed by atoms with Crippen molar-refractivity contribution in [3.63, 3.8) is 0 Å². The van der Waals surface area contributed by atoms with E-state index in [9.17, 15) is 37.6 Å². The van der Waals surface area contributed by atoms with Crippen molar-refractivity contribution >= 4 is 45.8 Å². The molecule has 0 aliphatic carbocycles. The van der Waals surface area contributed by atoms with E-state index in [0.717, 1.165) is 16.0 Å². The zero-order valence-corrected chi connectivity index (χ0v) is 23.5. The summed E-state index contributed by atoms with van der Waals surface area (Å²) < 4.78 is 38.0. The molecule has 10 nitrogen and oxygen atoms in total. The number of nitrogens with one attached hydrogen (secondary N) is 3. The summed E-state index contributed by atoms with van der Waals surface area (Å²) in [4.78, 5) is 55.7. The number of carbonyl (C=O) groups excluding carboxylic acids is 4. The zero-order valence-electron chi connectivity index (χ0n) is 23.5. The molecule has 2 saturated heterocycles. The lowest BCUT2D eigenvalue weighted by molar-refractivity contribution is -0.186. The van der Waals surface area contributed by atoms with E-state index >= 15 is 0 Å². The molecule has 13 heteroatoms. The third-order valence-electron chi connectivity index (χ3n) is 7.94. The van der Waals surface area contributed by atoms with Gasteiger partial charge in [0, 0.05) is 43.8 Å². The van der Waals surface area contributed by atoms with Gasteiger partial charge in [-0.05, 0) is 42.9 Å². The molecule has 2 aliphatic rings. The molecule has 0 spiro atoms. The number of Topliss-reactive ketones (excluding diaryl/α,β-unsaturated/α-hetero) is 1. The first-order valence-electron chi connectivity index (χ1n) is 14.1. The second kappa shape index (κ2) is 12.6. The van der Waals surface area contributed by atoms with Gasteiger partial charge in [0.25, 0.3) is 11.7 Å². The van der Waals surface area contributed by atoms with Gasteiger partial charge >= 0.3 is 18.1 Å². The molecule has 5 rings (SSSR count). The minimum Gasteiger partial charge on any atom is -0.359 e. The highest BCUT2D eigenvalue weighted by Crippen LogP contribution is 2.29. The number of nitrogens with zero attached hydrogens (tertiary/aromatic N) is 3. The average molecular weight is 607 g/mol. The van der Waals surface area contributed by atoms with Crippen LogP contribution in [-0.4, -0.2) is 76.8 Å². The SMILES string of the molecule is N#CC(=C1CCN(C(=O)C(=O)c2c[nH]c3c(NC(=O)NC4CCN(C(=O)C(F)(F)F)CC4)cccc23)CC1)c1ccccc1. The van der Waals surface area contributed by atoms with Crippen molar-refractivity contribution < 1.29 is 32.3 Å². The number of rotatable bonds is 5. The van der Waals surface area contributed by atoms with Gasteiger partial charge in [-0.25, -0.2) is 4.79 Å². The van der Waals surface area contributed by atoms with Crippen LogP contribution in [0.4, 0.5) is 23.7 Å². The van der Waals surface area contributed by atoms with Gasteiger partial charge in [-0.1, -0.05) is 42.5 Å². The number of H-pyrrole nitrogens is 1. The molecule has 0 radical (unpaired) electrons. The van der Waals surface area contributed by atoms with Crippen LogP contribution in [0, 0.1) is 11.3 Å². The Morgan fingerprint density at radius 3 is 2.23 bits per heavy atom. The highest BCUT2D eigenvalue weighted by molar-refractivity contribution is 6.45. The molecule has 3 N–H and O–H groups in total. The number of allylic oxidation sites excluding steroid dienone is 1. The molecule has 2 aromatic carbocycles. The smallest absolute Gasteiger partial charge is 0.359 e. The number of urea groups is 1. The van der Waals surface area contributed by atoms with Gasteiger partial charge in [-0.15, -0.1) is 0 Å². The molecule has 228 valence electrons. The van der Waals surface area contributed by atoms with Gasteiger partial charge in [-0.3, -0.25) is 14.4 Å². The summed E-state index contributed by atoms with van der Waals surface area (Å²) in [5, 5.41) is 15.5. The van der Waals surface area contributed by atoms with E-state index in [-0.39, 0.29) is 31.5 Å². The number of halogens is 3. The number of piperidine rings is 2. The molecule has 1 aromatic heterocycles. The first-order chi connectivity index (χ1) is 21.1. The van der Waals surface area contributed by atoms with E-state index in [1.165, 1.54) is 11.1 Å². The fourth-order valence-corrected chi connectivity index (χ4v) is 5.64. The quantitative estimate of drug-likeness (QED) is 0.221. The van der Waals surface area contributed by atoms with Crippen LogP contribution in [-0.2, 0) is 9.59 Å². The Morgan fingerprint density at radius 2 is 1.59 bits per heavy atom. The van der Waals surface area contributed by atoms with Crippen molar-refractivity contribution in [1.29, 1.82) is 5.26 Å². The summed E-state index contributed by atoms with van der Waals surface area (Å²) in [6.07, 6.45) is -2.23. The number of benzene rings is 2. The second-order valence-electron chi connectivity index (χ2n) is 10.7. The molecular formula is C31H29F3N6O4. The van der Waals surface area contributed by atoms with Gasteiger partial charge in [0.1, 0.15) is 0 Å². The molecule has 2 aliphatic heterocycles. The molecule has 0 atom stereocenters. The highest BCUT2D eigenvalue weighted by Gasteiger charge is 2.43. The summed E-state index contributed by atoms with van der Waals surface area (Å²) >= 11 is 0. The number of fused-ring (bicyclic) bond motifs is 1. The van der Waals surface area contributed by atoms with Crippen molar-refractivity contribution in [2.75, 3.05) is 31.5 Å². The number of carbonyl (C=O) groups is 4. The maximum absolute atomic E-state index is 13.3. The molecule has 2 fully saturated rings. The Hall–Kier alpha value is -5.12. The first kappa shape index (κ1) is 30.3. The van der Waals surface area contributed by atoms with Gasteiger partial charge in [-0.2, -0.15) is 18.4 Å². The number of nitriles is 1. The van der Waals surface area contributed by atoms with Gasteiger partial charge in [0.05, 0.1) is 28.4 Å². The molecule has 3 aromatic rings. The average Bonchev–Trinajstić information content (AvgIpc) is 3.46. The lowest BCUT2D eigenvalue weighted by atomic mass is 9.93. The number of likely N-dealkylation sites (tertiary alicyclic amines) is 2. The molecule has 0 bridgehead atoms. The van der Waals surface area contributed by atoms with Gasteiger partial charge in [0.2, 0.25) is 0 Å². The lowest BCUT2D eigenvalue weighted by Crippen LogP contribution is -2.50. The van der Waals surface area contributed by atoms with Crippen molar-refractivity contribution in [3.05, 3.63) is 71.4 Å². The number of hydrogen-bond donors (Lipinski definition) is 3. The number of hydrogen-bond acceptors (Lipinski definition) is 5. The van der Waals surface area contributed by atoms with Crippen LogP contribution in [0.5, 0.6) is 0 Å². The predicted octanol–water partition coefficient (Wildman–Crippen LogP) is 4.63. The number of alkyl halides is 3. The third kappa shape index (κ3) is 6.44. The molecule has 3 heterocycles. The van der Waals surface area contributed by atoms with Crippen LogP contribution >= 0.6 is 0 Å². The van der Waals surface area contributed by atoms with E-state index in [1.807, 2.05) is 30.3 Å². The van der Waals surface area contributed by atoms with Gasteiger partial charge < -0.3 is 25.4 Å². The molecule has 44 heavy (non-hydrogen) atoms. The third-order valence-corrected chi connectivity index (χ3v) is 7.94. The predicted molar refractivity (Wildman–Crippen MR) is 155 cm³/mol. The van der Waals surface area contributed by atoms with Crippen molar-refractivity contribution in [2.45, 2.75) is 37.9 Å². The van der Waals surface area contributed by atoms with Crippen molar-refractivity contribution in [2.24, 2.45) is 0 Å². The number of amides is 4. The van der Waals surface area contributed by atoms with Crippen LogP contribution in [0.2, 0.25) is 0 Å². The number of anilines is 1. The Morgan fingerprint density at radius 1 is 0.909 bits per heavy atom. The standard InChI is InChI=1S/C31H29F3N6O4/c32-31(33,34)29(43)40-15-11-21(12-16-40)37-30(44)38-25-8-4-7-22-24(18-36-26(22)25)27(41)28(42)39-13-9-20(10-14-39)23(17-35)19-5-2-1-3-6-19/h1-8,18,21,36H,9-16H2,(H2,37,38,44). The number of ketones is 1. The van der Waals surface area contributed by atoms with E-state index in [1.54, 1.807) is 18.2 Å². The summed E-state index contributed by atoms with van der Waals surface area (Å²) in [6.45, 7) is 0.347. The second-order valence-corrected chi connectivity index (χ2v) is 10.7. The maximum Gasteiger partial charge on any atom is 0.471 e. The fraction of sp³-hybridized carbons (Fsp3) is 0.323. The monoisotopic (exact) mass is 606 g/mol. The molecular weight excluding hydrogens is 577 g/mol. The Labute approximate surface area is 250 Å². The Kier molecular flexibility index (Phi) is 8.71. The summed E-state index contributed by atoms with van der Waals surface area (Å²) in [5.74, 6) is -3.25. The minimum absolute atomic E-state index is 0.129. The first-order valence-corrected chi connectivity index (χ1v) is 14.1. The van der Waals surface area contributed by atoms with E-state index < -0.39 is 35.8 Å². The number of para-hydroxylation sites is 1. The topological polar surface area (TPSA) is 138 Å². The normalized spacial score (nSPS) is 15.9. The summed E-state index contributed by atoms with van der Waals surface area (Å²) in [5.41, 5.74) is 3.27. The Bertz CT molecular complexity index is 1660. The van der Waals surface area contributed by atoms with E-state index in [4.69, 9.17) is 0 Å². The van der Waals surface area contributed by atoms with Crippen LogP contribution < -0.4 is 10.6 Å².